The lowest BCUT2D eigenvalue weighted by atomic mass is 9.83. The van der Waals surface area contributed by atoms with Crippen molar-refractivity contribution in [3.8, 4) is 5.69 Å². The standard InChI is InChI=1S/C52H40N2O2S/c1-2-10-33(11-3-1)34-18-20-35(21-19-34)36-22-24-37(25-23-36)53(40-30-31-48-44(32-40)41-12-6-9-17-47(41)57-48)38-26-28-39(29-27-38)54-49-42-13-4-7-15-45(42)55-51(49)52-50(54)43-14-5-8-16-46(43)56-52/h2,4-16,18-20,22,24,26-32,35,47H,1,3,17,21,23,25H2. The summed E-state index contributed by atoms with van der Waals surface area (Å²) in [5, 5.41) is 2.66. The Balaban J connectivity index is 0.953. The van der Waals surface area contributed by atoms with Gasteiger partial charge in [-0.15, -0.1) is 11.8 Å². The van der Waals surface area contributed by atoms with E-state index in [2.05, 4.69) is 143 Å². The largest absolute Gasteiger partial charge is 0.450 e. The first-order valence-electron chi connectivity index (χ1n) is 20.3. The third kappa shape index (κ3) is 5.36. The van der Waals surface area contributed by atoms with Crippen LogP contribution in [0, 0.1) is 5.92 Å². The van der Waals surface area contributed by atoms with Gasteiger partial charge in [0.1, 0.15) is 22.2 Å². The average Bonchev–Trinajstić information content (AvgIpc) is 4.03. The molecule has 3 aromatic heterocycles. The number of furan rings is 2. The number of thioether (sulfide) groups is 1. The first-order chi connectivity index (χ1) is 28.2. The van der Waals surface area contributed by atoms with E-state index in [-0.39, 0.29) is 0 Å². The fourth-order valence-corrected chi connectivity index (χ4v) is 10.9. The number of allylic oxidation sites excluding steroid dienone is 15. The van der Waals surface area contributed by atoms with Gasteiger partial charge in [-0.05, 0) is 134 Å². The lowest BCUT2D eigenvalue weighted by Crippen LogP contribution is -2.19. The van der Waals surface area contributed by atoms with Gasteiger partial charge >= 0.3 is 0 Å². The summed E-state index contributed by atoms with van der Waals surface area (Å²) in [6.07, 6.45) is 32.3. The molecule has 4 aliphatic carbocycles. The van der Waals surface area contributed by atoms with E-state index in [9.17, 15) is 0 Å². The van der Waals surface area contributed by atoms with Gasteiger partial charge in [-0.25, -0.2) is 0 Å². The molecule has 57 heavy (non-hydrogen) atoms. The molecule has 0 spiro atoms. The van der Waals surface area contributed by atoms with Crippen LogP contribution in [0.4, 0.5) is 11.4 Å². The molecule has 0 bridgehead atoms. The maximum absolute atomic E-state index is 6.50. The maximum Gasteiger partial charge on any atom is 0.196 e. The third-order valence-corrected chi connectivity index (χ3v) is 13.8. The van der Waals surface area contributed by atoms with E-state index in [1.807, 2.05) is 36.0 Å². The zero-order valence-electron chi connectivity index (χ0n) is 31.5. The van der Waals surface area contributed by atoms with E-state index in [0.29, 0.717) is 11.2 Å². The summed E-state index contributed by atoms with van der Waals surface area (Å²) in [4.78, 5) is 3.87. The molecule has 4 aromatic carbocycles. The highest BCUT2D eigenvalue weighted by molar-refractivity contribution is 8.00. The van der Waals surface area contributed by atoms with E-state index in [1.54, 1.807) is 0 Å². The molecule has 5 heteroatoms. The molecular weight excluding hydrogens is 717 g/mol. The number of para-hydroxylation sites is 2. The Bertz CT molecular complexity index is 2970. The number of rotatable bonds is 6. The number of hydrogen-bond donors (Lipinski definition) is 0. The lowest BCUT2D eigenvalue weighted by Gasteiger charge is -2.31. The smallest absolute Gasteiger partial charge is 0.196 e. The summed E-state index contributed by atoms with van der Waals surface area (Å²) in [6.45, 7) is 0. The van der Waals surface area contributed by atoms with Crippen molar-refractivity contribution in [2.24, 2.45) is 5.92 Å². The van der Waals surface area contributed by atoms with Crippen molar-refractivity contribution < 1.29 is 8.83 Å². The van der Waals surface area contributed by atoms with Gasteiger partial charge in [-0.3, -0.25) is 0 Å². The van der Waals surface area contributed by atoms with Gasteiger partial charge < -0.3 is 18.3 Å². The highest BCUT2D eigenvalue weighted by atomic mass is 32.2. The molecule has 4 heterocycles. The molecule has 2 atom stereocenters. The van der Waals surface area contributed by atoms with E-state index in [1.165, 1.54) is 44.1 Å². The second-order valence-electron chi connectivity index (χ2n) is 15.7. The van der Waals surface area contributed by atoms with Gasteiger partial charge in [0.2, 0.25) is 0 Å². The van der Waals surface area contributed by atoms with E-state index in [4.69, 9.17) is 8.83 Å². The van der Waals surface area contributed by atoms with Crippen molar-refractivity contribution in [2.45, 2.75) is 48.7 Å². The van der Waals surface area contributed by atoms with Gasteiger partial charge in [-0.2, -0.15) is 0 Å². The summed E-state index contributed by atoms with van der Waals surface area (Å²) in [5.41, 5.74) is 17.2. The maximum atomic E-state index is 6.50. The van der Waals surface area contributed by atoms with Crippen LogP contribution in [0.5, 0.6) is 0 Å². The van der Waals surface area contributed by atoms with Crippen molar-refractivity contribution >= 4 is 72.8 Å². The van der Waals surface area contributed by atoms with E-state index < -0.39 is 0 Å². The number of nitrogens with zero attached hydrogens (tertiary/aromatic N) is 2. The zero-order valence-corrected chi connectivity index (χ0v) is 32.3. The molecule has 276 valence electrons. The predicted octanol–water partition coefficient (Wildman–Crippen LogP) is 14.6. The van der Waals surface area contributed by atoms with Gasteiger partial charge in [0, 0.05) is 49.6 Å². The quantitative estimate of drug-likeness (QED) is 0.169. The molecule has 0 saturated heterocycles. The minimum atomic E-state index is 0.445. The Kier molecular flexibility index (Phi) is 7.65. The predicted molar refractivity (Wildman–Crippen MR) is 237 cm³/mol. The molecule has 1 aliphatic heterocycles. The molecular formula is C52H40N2O2S. The highest BCUT2D eigenvalue weighted by Gasteiger charge is 2.30. The molecule has 4 nitrogen and oxygen atoms in total. The van der Waals surface area contributed by atoms with Crippen molar-refractivity contribution in [1.82, 2.24) is 4.57 Å². The van der Waals surface area contributed by atoms with E-state index in [0.717, 1.165) is 94.0 Å². The molecule has 0 radical (unpaired) electrons. The Labute approximate surface area is 335 Å². The average molecular weight is 757 g/mol. The van der Waals surface area contributed by atoms with Crippen LogP contribution in [0.1, 0.15) is 44.1 Å². The Morgan fingerprint density at radius 2 is 1.42 bits per heavy atom. The van der Waals surface area contributed by atoms with Crippen LogP contribution < -0.4 is 4.90 Å². The minimum Gasteiger partial charge on any atom is -0.450 e. The minimum absolute atomic E-state index is 0.445. The summed E-state index contributed by atoms with van der Waals surface area (Å²) < 4.78 is 15.3. The van der Waals surface area contributed by atoms with Crippen LogP contribution in [0.25, 0.3) is 55.4 Å². The van der Waals surface area contributed by atoms with Crippen LogP contribution in [-0.2, 0) is 0 Å². The molecule has 0 N–H and O–H groups in total. The molecule has 0 saturated carbocycles. The summed E-state index contributed by atoms with van der Waals surface area (Å²) in [5.74, 6) is 0.445. The lowest BCUT2D eigenvalue weighted by molar-refractivity contribution is 0.634. The summed E-state index contributed by atoms with van der Waals surface area (Å²) >= 11 is 2.00. The van der Waals surface area contributed by atoms with Crippen molar-refractivity contribution in [3.63, 3.8) is 0 Å². The molecule has 0 fully saturated rings. The van der Waals surface area contributed by atoms with Crippen LogP contribution in [0.15, 0.2) is 194 Å². The van der Waals surface area contributed by atoms with Crippen LogP contribution in [0.3, 0.4) is 0 Å². The molecule has 5 aliphatic rings. The van der Waals surface area contributed by atoms with E-state index >= 15 is 0 Å². The molecule has 7 aromatic rings. The number of benzene rings is 4. The molecule has 0 amide bonds. The first-order valence-corrected chi connectivity index (χ1v) is 21.2. The Hall–Kier alpha value is -6.17. The number of fused-ring (bicyclic) bond motifs is 10. The van der Waals surface area contributed by atoms with Crippen molar-refractivity contribution in [1.29, 1.82) is 0 Å². The zero-order chi connectivity index (χ0) is 37.5. The SMILES string of the molecule is C1=CCC2Sc3ccc(N(C4=CC=C(C5C=CC(C6=CCCC=C6)=CC5)CC4)c4ccc(-n5c6c7ccccc7oc6c6oc7ccccc7c65)cc4)cc3C2=C1. The Morgan fingerprint density at radius 3 is 2.12 bits per heavy atom. The van der Waals surface area contributed by atoms with Gasteiger partial charge in [0.25, 0.3) is 0 Å². The van der Waals surface area contributed by atoms with Gasteiger partial charge in [0.05, 0.1) is 0 Å². The third-order valence-electron chi connectivity index (χ3n) is 12.4. The monoisotopic (exact) mass is 756 g/mol. The van der Waals surface area contributed by atoms with Crippen LogP contribution in [0.2, 0.25) is 0 Å². The topological polar surface area (TPSA) is 34.5 Å². The second-order valence-corrected chi connectivity index (χ2v) is 17.0. The number of anilines is 2. The van der Waals surface area contributed by atoms with Crippen LogP contribution in [-0.4, -0.2) is 9.82 Å². The first kappa shape index (κ1) is 33.0. The van der Waals surface area contributed by atoms with Gasteiger partial charge in [0.15, 0.2) is 11.2 Å². The summed E-state index contributed by atoms with van der Waals surface area (Å²) in [6, 6.07) is 32.8. The fourth-order valence-electron chi connectivity index (χ4n) is 9.61. The van der Waals surface area contributed by atoms with Crippen LogP contribution >= 0.6 is 11.8 Å². The van der Waals surface area contributed by atoms with Gasteiger partial charge in [-0.1, -0.05) is 90.6 Å². The van der Waals surface area contributed by atoms with Crippen molar-refractivity contribution in [3.05, 3.63) is 186 Å². The molecule has 12 rings (SSSR count). The normalized spacial score (nSPS) is 20.1. The Morgan fingerprint density at radius 1 is 0.667 bits per heavy atom. The number of hydrogen-bond acceptors (Lipinski definition) is 4. The highest BCUT2D eigenvalue weighted by Crippen LogP contribution is 2.50. The summed E-state index contributed by atoms with van der Waals surface area (Å²) in [7, 11) is 0. The fraction of sp³-hybridized carbons (Fsp3) is 0.154. The second kappa shape index (κ2) is 13.2. The number of aromatic nitrogens is 1. The van der Waals surface area contributed by atoms with Crippen molar-refractivity contribution in [2.75, 3.05) is 4.90 Å². The molecule has 2 unspecified atom stereocenters.